The third-order valence-electron chi connectivity index (χ3n) is 11.6. The summed E-state index contributed by atoms with van der Waals surface area (Å²) in [5.74, 6) is 0.777. The molecular weight excluding hydrogens is 691 g/mol. The van der Waals surface area contributed by atoms with Crippen molar-refractivity contribution in [2.45, 2.75) is 0 Å². The number of thiophene rings is 1. The Kier molecular flexibility index (Phi) is 5.74. The molecule has 4 heterocycles. The number of benzene rings is 9. The molecule has 0 aliphatic rings. The fourth-order valence-electron chi connectivity index (χ4n) is 9.22. The highest BCUT2D eigenvalue weighted by Gasteiger charge is 2.25. The van der Waals surface area contributed by atoms with Crippen LogP contribution in [0.4, 0.5) is 0 Å². The minimum Gasteiger partial charge on any atom is -0.436 e. The van der Waals surface area contributed by atoms with Crippen LogP contribution < -0.4 is 0 Å². The third-order valence-corrected chi connectivity index (χ3v) is 12.7. The molecule has 0 N–H and O–H groups in total. The van der Waals surface area contributed by atoms with Crippen LogP contribution in [0.1, 0.15) is 0 Å². The van der Waals surface area contributed by atoms with E-state index in [0.29, 0.717) is 5.71 Å². The first-order valence-corrected chi connectivity index (χ1v) is 19.4. The van der Waals surface area contributed by atoms with Gasteiger partial charge in [-0.05, 0) is 68.7 Å². The molecule has 0 saturated heterocycles. The largest absolute Gasteiger partial charge is 0.436 e. The molecule has 13 rings (SSSR count). The van der Waals surface area contributed by atoms with Gasteiger partial charge in [-0.15, -0.1) is 11.3 Å². The summed E-state index contributed by atoms with van der Waals surface area (Å²) in [5.41, 5.74) is 6.03. The lowest BCUT2D eigenvalue weighted by atomic mass is 9.91. The monoisotopic (exact) mass is 717 g/mol. The zero-order valence-corrected chi connectivity index (χ0v) is 30.1. The molecule has 0 saturated carbocycles. The van der Waals surface area contributed by atoms with E-state index in [-0.39, 0.29) is 0 Å². The fourth-order valence-corrected chi connectivity index (χ4v) is 10.3. The number of aromatic nitrogens is 3. The van der Waals surface area contributed by atoms with E-state index in [4.69, 9.17) is 14.4 Å². The number of furan rings is 1. The molecule has 0 bridgehead atoms. The first-order valence-electron chi connectivity index (χ1n) is 18.6. The van der Waals surface area contributed by atoms with Crippen molar-refractivity contribution in [3.63, 3.8) is 0 Å². The summed E-state index contributed by atoms with van der Waals surface area (Å²) in [4.78, 5) is 11.0. The molecule has 0 aliphatic heterocycles. The number of nitrogens with zero attached hydrogens (tertiary/aromatic N) is 3. The van der Waals surface area contributed by atoms with Crippen molar-refractivity contribution in [2.24, 2.45) is 0 Å². The zero-order valence-electron chi connectivity index (χ0n) is 29.2. The van der Waals surface area contributed by atoms with E-state index in [1.54, 1.807) is 0 Å². The maximum atomic E-state index is 6.44. The Morgan fingerprint density at radius 3 is 1.93 bits per heavy atom. The fraction of sp³-hybridized carbons (Fsp3) is 0. The topological polar surface area (TPSA) is 43.9 Å². The molecule has 13 aromatic rings. The second-order valence-electron chi connectivity index (χ2n) is 14.4. The smallest absolute Gasteiger partial charge is 0.247 e. The van der Waals surface area contributed by atoms with Crippen molar-refractivity contribution in [3.8, 4) is 17.1 Å². The van der Waals surface area contributed by atoms with Crippen LogP contribution in [0.15, 0.2) is 168 Å². The van der Waals surface area contributed by atoms with Crippen LogP contribution in [-0.4, -0.2) is 14.5 Å². The second kappa shape index (κ2) is 10.8. The summed E-state index contributed by atoms with van der Waals surface area (Å²) in [6.45, 7) is 0. The van der Waals surface area contributed by atoms with E-state index >= 15 is 0 Å². The standard InChI is InChI=1S/C50H27N3OS/c1-2-12-30-28(11-1)21-23-38-45-40(25-24-36-33-15-4-3-13-31(33)32-14-5-6-17-35(32)44(36)45)53(48(30)38)49-46(52-50-47(51-49)37-18-7-9-19-41(37)54-50)29-22-26-43-39(27-29)34-16-8-10-20-42(34)55-43/h1-27H. The van der Waals surface area contributed by atoms with Gasteiger partial charge in [-0.3, -0.25) is 4.57 Å². The lowest BCUT2D eigenvalue weighted by molar-refractivity contribution is 0.653. The van der Waals surface area contributed by atoms with Crippen LogP contribution in [0.5, 0.6) is 0 Å². The van der Waals surface area contributed by atoms with Gasteiger partial charge in [0, 0.05) is 52.7 Å². The third kappa shape index (κ3) is 3.94. The van der Waals surface area contributed by atoms with Gasteiger partial charge in [-0.2, -0.15) is 0 Å². The van der Waals surface area contributed by atoms with Gasteiger partial charge in [0.25, 0.3) is 0 Å². The van der Waals surface area contributed by atoms with E-state index in [1.807, 2.05) is 29.5 Å². The normalized spacial score (nSPS) is 12.4. The quantitative estimate of drug-likeness (QED) is 0.167. The Balaban J connectivity index is 1.26. The number of para-hydroxylation sites is 1. The molecule has 4 aromatic heterocycles. The Hall–Kier alpha value is -7.08. The highest BCUT2D eigenvalue weighted by molar-refractivity contribution is 7.25. The van der Waals surface area contributed by atoms with Crippen molar-refractivity contribution >= 4 is 119 Å². The molecular formula is C50H27N3OS. The molecule has 0 fully saturated rings. The first-order chi connectivity index (χ1) is 27.3. The molecule has 0 spiro atoms. The lowest BCUT2D eigenvalue weighted by Crippen LogP contribution is -2.03. The maximum absolute atomic E-state index is 6.44. The van der Waals surface area contributed by atoms with Gasteiger partial charge in [-0.25, -0.2) is 9.97 Å². The molecule has 0 unspecified atom stereocenters. The number of hydrogen-bond donors (Lipinski definition) is 0. The zero-order chi connectivity index (χ0) is 35.8. The number of rotatable bonds is 2. The molecule has 0 radical (unpaired) electrons. The van der Waals surface area contributed by atoms with E-state index in [1.165, 1.54) is 74.0 Å². The Labute approximate surface area is 317 Å². The predicted octanol–water partition coefficient (Wildman–Crippen LogP) is 14.1. The SMILES string of the molecule is c1ccc2c(c1)ccc1c3c4c5ccccc5c5ccccc5c4ccc3n(-c3nc4c(nc3-c3ccc5sc6ccccc6c5c3)oc3ccccc34)c21. The molecule has 0 atom stereocenters. The molecule has 0 aliphatic carbocycles. The Morgan fingerprint density at radius 2 is 1.09 bits per heavy atom. The molecule has 0 amide bonds. The molecule has 4 nitrogen and oxygen atoms in total. The minimum absolute atomic E-state index is 0.531. The van der Waals surface area contributed by atoms with Crippen molar-refractivity contribution in [1.82, 2.24) is 14.5 Å². The minimum atomic E-state index is 0.531. The molecule has 254 valence electrons. The highest BCUT2D eigenvalue weighted by Crippen LogP contribution is 2.46. The summed E-state index contributed by atoms with van der Waals surface area (Å²) < 4.78 is 11.3. The van der Waals surface area contributed by atoms with Gasteiger partial charge in [-0.1, -0.05) is 127 Å². The van der Waals surface area contributed by atoms with E-state index in [9.17, 15) is 0 Å². The summed E-state index contributed by atoms with van der Waals surface area (Å²) >= 11 is 1.82. The Bertz CT molecular complexity index is 3760. The molecule has 55 heavy (non-hydrogen) atoms. The Morgan fingerprint density at radius 1 is 0.455 bits per heavy atom. The maximum Gasteiger partial charge on any atom is 0.247 e. The lowest BCUT2D eigenvalue weighted by Gasteiger charge is -2.14. The van der Waals surface area contributed by atoms with Gasteiger partial charge in [0.05, 0.1) is 11.0 Å². The van der Waals surface area contributed by atoms with Crippen LogP contribution in [0.3, 0.4) is 0 Å². The average molecular weight is 718 g/mol. The van der Waals surface area contributed by atoms with Gasteiger partial charge >= 0.3 is 0 Å². The summed E-state index contributed by atoms with van der Waals surface area (Å²) in [6.07, 6.45) is 0. The first kappa shape index (κ1) is 29.4. The van der Waals surface area contributed by atoms with E-state index < -0.39 is 0 Å². The van der Waals surface area contributed by atoms with E-state index in [0.717, 1.165) is 44.6 Å². The van der Waals surface area contributed by atoms with E-state index in [2.05, 4.69) is 150 Å². The summed E-state index contributed by atoms with van der Waals surface area (Å²) in [7, 11) is 0. The van der Waals surface area contributed by atoms with Crippen LogP contribution in [0.25, 0.3) is 124 Å². The number of hydrogen-bond acceptors (Lipinski definition) is 4. The van der Waals surface area contributed by atoms with Gasteiger partial charge in [0.2, 0.25) is 5.71 Å². The van der Waals surface area contributed by atoms with Crippen LogP contribution in [0, 0.1) is 0 Å². The summed E-state index contributed by atoms with van der Waals surface area (Å²) in [5, 5.41) is 15.7. The summed E-state index contributed by atoms with van der Waals surface area (Å²) in [6, 6.07) is 59.0. The molecule has 5 heteroatoms. The molecule has 9 aromatic carbocycles. The van der Waals surface area contributed by atoms with Crippen molar-refractivity contribution < 1.29 is 4.42 Å². The second-order valence-corrected chi connectivity index (χ2v) is 15.5. The van der Waals surface area contributed by atoms with Crippen molar-refractivity contribution in [3.05, 3.63) is 164 Å². The van der Waals surface area contributed by atoms with Crippen LogP contribution >= 0.6 is 11.3 Å². The van der Waals surface area contributed by atoms with Crippen LogP contribution in [-0.2, 0) is 0 Å². The van der Waals surface area contributed by atoms with Crippen LogP contribution in [0.2, 0.25) is 0 Å². The number of fused-ring (bicyclic) bond motifs is 18. The van der Waals surface area contributed by atoms with Gasteiger partial charge in [0.1, 0.15) is 16.8 Å². The van der Waals surface area contributed by atoms with Crippen molar-refractivity contribution in [2.75, 3.05) is 0 Å². The van der Waals surface area contributed by atoms with Crippen molar-refractivity contribution in [1.29, 1.82) is 0 Å². The van der Waals surface area contributed by atoms with Gasteiger partial charge < -0.3 is 4.42 Å². The highest BCUT2D eigenvalue weighted by atomic mass is 32.1. The van der Waals surface area contributed by atoms with Gasteiger partial charge in [0.15, 0.2) is 5.82 Å². The average Bonchev–Trinajstić information content (AvgIpc) is 3.92. The predicted molar refractivity (Wildman–Crippen MR) is 232 cm³/mol.